The van der Waals surface area contributed by atoms with Crippen LogP contribution in [0, 0.1) is 17.2 Å². The van der Waals surface area contributed by atoms with E-state index in [9.17, 15) is 0 Å². The largest absolute Gasteiger partial charge is 0.293 e. The van der Waals surface area contributed by atoms with Crippen LogP contribution in [0.25, 0.3) is 0 Å². The Hall–Kier alpha value is -0.550. The van der Waals surface area contributed by atoms with Gasteiger partial charge in [-0.05, 0) is 13.0 Å². The van der Waals surface area contributed by atoms with E-state index in [0.717, 1.165) is 6.54 Å². The summed E-state index contributed by atoms with van der Waals surface area (Å²) in [4.78, 5) is 2.05. The molecule has 0 saturated carbocycles. The van der Waals surface area contributed by atoms with Gasteiger partial charge in [0, 0.05) is 6.54 Å². The first-order valence-electron chi connectivity index (χ1n) is 3.76. The molecule has 0 aliphatic rings. The lowest BCUT2D eigenvalue weighted by Gasteiger charge is -2.16. The van der Waals surface area contributed by atoms with Crippen molar-refractivity contribution in [1.82, 2.24) is 4.90 Å². The third-order valence-corrected chi connectivity index (χ3v) is 1.66. The van der Waals surface area contributed by atoms with E-state index < -0.39 is 0 Å². The zero-order valence-electron chi connectivity index (χ0n) is 7.09. The van der Waals surface area contributed by atoms with Crippen molar-refractivity contribution in [1.29, 1.82) is 5.26 Å². The molecule has 0 aromatic heterocycles. The highest BCUT2D eigenvalue weighted by Gasteiger charge is 2.02. The molecule has 0 amide bonds. The lowest BCUT2D eigenvalue weighted by atomic mass is 10.1. The molecule has 58 valence electrons. The molecule has 0 aliphatic carbocycles. The molecule has 0 N–H and O–H groups in total. The van der Waals surface area contributed by atoms with Crippen molar-refractivity contribution in [2.24, 2.45) is 5.92 Å². The quantitative estimate of drug-likeness (QED) is 0.553. The Balaban J connectivity index is 3.38. The van der Waals surface area contributed by atoms with Crippen LogP contribution >= 0.6 is 0 Å². The van der Waals surface area contributed by atoms with Gasteiger partial charge in [0.25, 0.3) is 0 Å². The maximum Gasteiger partial charge on any atom is 0.0863 e. The Morgan fingerprint density at radius 3 is 2.60 bits per heavy atom. The molecule has 2 heteroatoms. The Kier molecular flexibility index (Phi) is 4.96. The average molecular weight is 140 g/mol. The number of nitriles is 1. The predicted molar refractivity (Wildman–Crippen MR) is 42.6 cm³/mol. The van der Waals surface area contributed by atoms with Crippen molar-refractivity contribution in [3.63, 3.8) is 0 Å². The summed E-state index contributed by atoms with van der Waals surface area (Å²) in [6.45, 7) is 5.95. The summed E-state index contributed by atoms with van der Waals surface area (Å²) < 4.78 is 0. The lowest BCUT2D eigenvalue weighted by molar-refractivity contribution is 0.310. The zero-order valence-corrected chi connectivity index (χ0v) is 7.09. The van der Waals surface area contributed by atoms with Gasteiger partial charge in [0.15, 0.2) is 0 Å². The molecule has 10 heavy (non-hydrogen) atoms. The number of hydrogen-bond acceptors (Lipinski definition) is 2. The van der Waals surface area contributed by atoms with Crippen molar-refractivity contribution in [2.75, 3.05) is 20.1 Å². The Labute approximate surface area is 63.4 Å². The summed E-state index contributed by atoms with van der Waals surface area (Å²) in [6, 6.07) is 2.12. The van der Waals surface area contributed by atoms with Crippen LogP contribution in [0.4, 0.5) is 0 Å². The standard InChI is InChI=1S/C8H16N2/c1-4-8(2)7-10(3)6-5-9/h8H,4,6-7H2,1-3H3. The van der Waals surface area contributed by atoms with Crippen LogP contribution < -0.4 is 0 Å². The zero-order chi connectivity index (χ0) is 7.98. The second-order valence-corrected chi connectivity index (χ2v) is 2.87. The molecule has 0 fully saturated rings. The molecule has 0 rings (SSSR count). The molecule has 0 aliphatic heterocycles. The smallest absolute Gasteiger partial charge is 0.0863 e. The van der Waals surface area contributed by atoms with E-state index in [0.29, 0.717) is 12.5 Å². The van der Waals surface area contributed by atoms with Crippen LogP contribution in [0.5, 0.6) is 0 Å². The summed E-state index contributed by atoms with van der Waals surface area (Å²) in [6.07, 6.45) is 1.19. The van der Waals surface area contributed by atoms with Gasteiger partial charge in [-0.25, -0.2) is 0 Å². The minimum Gasteiger partial charge on any atom is -0.293 e. The molecular weight excluding hydrogens is 124 g/mol. The molecule has 0 heterocycles. The highest BCUT2D eigenvalue weighted by Crippen LogP contribution is 2.01. The fourth-order valence-electron chi connectivity index (χ4n) is 0.846. The van der Waals surface area contributed by atoms with Gasteiger partial charge in [0.1, 0.15) is 0 Å². The van der Waals surface area contributed by atoms with E-state index in [1.807, 2.05) is 11.9 Å². The van der Waals surface area contributed by atoms with E-state index >= 15 is 0 Å². The summed E-state index contributed by atoms with van der Waals surface area (Å²) in [5, 5.41) is 8.33. The van der Waals surface area contributed by atoms with Gasteiger partial charge in [0.05, 0.1) is 12.6 Å². The third kappa shape index (κ3) is 4.34. The second-order valence-electron chi connectivity index (χ2n) is 2.87. The average Bonchev–Trinajstić information content (AvgIpc) is 1.88. The molecule has 0 spiro atoms. The molecule has 1 unspecified atom stereocenters. The van der Waals surface area contributed by atoms with Gasteiger partial charge in [-0.1, -0.05) is 20.3 Å². The minimum atomic E-state index is 0.546. The van der Waals surface area contributed by atoms with Crippen LogP contribution in [0.1, 0.15) is 20.3 Å². The van der Waals surface area contributed by atoms with Gasteiger partial charge >= 0.3 is 0 Å². The minimum absolute atomic E-state index is 0.546. The van der Waals surface area contributed by atoms with Gasteiger partial charge in [0.2, 0.25) is 0 Å². The van der Waals surface area contributed by atoms with Crippen molar-refractivity contribution in [3.05, 3.63) is 0 Å². The lowest BCUT2D eigenvalue weighted by Crippen LogP contribution is -2.24. The van der Waals surface area contributed by atoms with Crippen LogP contribution in [0.2, 0.25) is 0 Å². The first kappa shape index (κ1) is 9.45. The second kappa shape index (κ2) is 5.25. The maximum absolute atomic E-state index is 8.33. The third-order valence-electron chi connectivity index (χ3n) is 1.66. The number of rotatable bonds is 4. The first-order chi connectivity index (χ1) is 4.70. The molecule has 0 radical (unpaired) electrons. The molecule has 0 aromatic carbocycles. The Morgan fingerprint density at radius 1 is 1.60 bits per heavy atom. The summed E-state index contributed by atoms with van der Waals surface area (Å²) in [5.41, 5.74) is 0. The van der Waals surface area contributed by atoms with Crippen LogP contribution in [0.3, 0.4) is 0 Å². The summed E-state index contributed by atoms with van der Waals surface area (Å²) in [5.74, 6) is 0.707. The normalized spacial score (nSPS) is 13.1. The SMILES string of the molecule is CCC(C)CN(C)CC#N. The maximum atomic E-state index is 8.33. The fraction of sp³-hybridized carbons (Fsp3) is 0.875. The van der Waals surface area contributed by atoms with Crippen LogP contribution in [0.15, 0.2) is 0 Å². The number of nitrogens with zero attached hydrogens (tertiary/aromatic N) is 2. The first-order valence-corrected chi connectivity index (χ1v) is 3.76. The summed E-state index contributed by atoms with van der Waals surface area (Å²) in [7, 11) is 1.98. The number of hydrogen-bond donors (Lipinski definition) is 0. The van der Waals surface area contributed by atoms with Gasteiger partial charge in [-0.3, -0.25) is 4.90 Å². The molecule has 0 saturated heterocycles. The molecule has 0 bridgehead atoms. The van der Waals surface area contributed by atoms with E-state index in [4.69, 9.17) is 5.26 Å². The summed E-state index contributed by atoms with van der Waals surface area (Å²) >= 11 is 0. The van der Waals surface area contributed by atoms with Crippen molar-refractivity contribution in [3.8, 4) is 6.07 Å². The van der Waals surface area contributed by atoms with Gasteiger partial charge in [-0.2, -0.15) is 5.26 Å². The van der Waals surface area contributed by atoms with Gasteiger partial charge < -0.3 is 0 Å². The van der Waals surface area contributed by atoms with E-state index in [2.05, 4.69) is 19.9 Å². The topological polar surface area (TPSA) is 27.0 Å². The van der Waals surface area contributed by atoms with Crippen molar-refractivity contribution < 1.29 is 0 Å². The van der Waals surface area contributed by atoms with Gasteiger partial charge in [-0.15, -0.1) is 0 Å². The molecule has 0 aromatic rings. The van der Waals surface area contributed by atoms with Crippen LogP contribution in [-0.2, 0) is 0 Å². The highest BCUT2D eigenvalue weighted by atomic mass is 15.1. The molecule has 2 nitrogen and oxygen atoms in total. The molecular formula is C8H16N2. The monoisotopic (exact) mass is 140 g/mol. The van der Waals surface area contributed by atoms with E-state index in [1.54, 1.807) is 0 Å². The molecule has 1 atom stereocenters. The van der Waals surface area contributed by atoms with E-state index in [-0.39, 0.29) is 0 Å². The highest BCUT2D eigenvalue weighted by molar-refractivity contribution is 4.74. The fourth-order valence-corrected chi connectivity index (χ4v) is 0.846. The Bertz CT molecular complexity index is 115. The van der Waals surface area contributed by atoms with Crippen LogP contribution in [-0.4, -0.2) is 25.0 Å². The van der Waals surface area contributed by atoms with Crippen molar-refractivity contribution in [2.45, 2.75) is 20.3 Å². The van der Waals surface area contributed by atoms with E-state index in [1.165, 1.54) is 6.42 Å². The Morgan fingerprint density at radius 2 is 2.20 bits per heavy atom. The predicted octanol–water partition coefficient (Wildman–Crippen LogP) is 1.49. The van der Waals surface area contributed by atoms with Crippen molar-refractivity contribution >= 4 is 0 Å².